The smallest absolute Gasteiger partial charge is 0.196 e. The number of nitrogens with two attached hydrogens (primary N) is 1. The summed E-state index contributed by atoms with van der Waals surface area (Å²) in [6.07, 6.45) is 5.67. The van der Waals surface area contributed by atoms with Gasteiger partial charge < -0.3 is 10.3 Å². The summed E-state index contributed by atoms with van der Waals surface area (Å²) in [5, 5.41) is 9.71. The van der Waals surface area contributed by atoms with Gasteiger partial charge in [-0.15, -0.1) is 10.2 Å². The van der Waals surface area contributed by atoms with Gasteiger partial charge in [0.2, 0.25) is 0 Å². The first-order chi connectivity index (χ1) is 10.3. The maximum atomic E-state index is 5.62. The van der Waals surface area contributed by atoms with Gasteiger partial charge in [-0.2, -0.15) is 0 Å². The van der Waals surface area contributed by atoms with Crippen molar-refractivity contribution in [2.24, 2.45) is 5.73 Å². The van der Waals surface area contributed by atoms with Crippen molar-refractivity contribution in [3.63, 3.8) is 0 Å². The monoisotopic (exact) mass is 366 g/mol. The van der Waals surface area contributed by atoms with Crippen molar-refractivity contribution < 1.29 is 0 Å². The molecule has 2 aromatic rings. The fourth-order valence-corrected chi connectivity index (χ4v) is 4.23. The summed E-state index contributed by atoms with van der Waals surface area (Å²) in [6.45, 7) is 1.71. The molecule has 2 heterocycles. The number of rotatable bonds is 4. The Morgan fingerprint density at radius 2 is 2.14 bits per heavy atom. The standard InChI is InChI=1S/C15H19BrN4S/c16-13-10-12(6-5-11(13)7-8-17)21-15-19-18-14-4-2-1-3-9-20(14)15/h5-6,10H,1-4,7-9,17H2. The van der Waals surface area contributed by atoms with Gasteiger partial charge in [0.1, 0.15) is 5.82 Å². The third-order valence-electron chi connectivity index (χ3n) is 3.72. The molecule has 3 rings (SSSR count). The lowest BCUT2D eigenvalue weighted by atomic mass is 10.1. The Kier molecular flexibility index (Phi) is 4.98. The van der Waals surface area contributed by atoms with Crippen LogP contribution in [0.2, 0.25) is 0 Å². The van der Waals surface area contributed by atoms with Gasteiger partial charge in [0.15, 0.2) is 5.16 Å². The van der Waals surface area contributed by atoms with E-state index < -0.39 is 0 Å². The van der Waals surface area contributed by atoms with E-state index in [0.717, 1.165) is 34.8 Å². The van der Waals surface area contributed by atoms with Crippen LogP contribution in [0.4, 0.5) is 0 Å². The molecule has 1 aromatic carbocycles. The van der Waals surface area contributed by atoms with Crippen molar-refractivity contribution in [2.75, 3.05) is 6.54 Å². The van der Waals surface area contributed by atoms with Crippen LogP contribution in [0.25, 0.3) is 0 Å². The number of hydrogen-bond donors (Lipinski definition) is 1. The van der Waals surface area contributed by atoms with Crippen molar-refractivity contribution in [3.8, 4) is 0 Å². The first-order valence-corrected chi connectivity index (χ1v) is 8.97. The highest BCUT2D eigenvalue weighted by atomic mass is 79.9. The second-order valence-corrected chi connectivity index (χ2v) is 7.15. The van der Waals surface area contributed by atoms with Gasteiger partial charge in [-0.1, -0.05) is 28.4 Å². The number of aryl methyl sites for hydroxylation is 1. The zero-order valence-corrected chi connectivity index (χ0v) is 14.3. The van der Waals surface area contributed by atoms with E-state index in [4.69, 9.17) is 5.73 Å². The van der Waals surface area contributed by atoms with E-state index in [0.29, 0.717) is 6.54 Å². The Morgan fingerprint density at radius 3 is 2.95 bits per heavy atom. The predicted molar refractivity (Wildman–Crippen MR) is 88.6 cm³/mol. The van der Waals surface area contributed by atoms with Crippen LogP contribution in [0.3, 0.4) is 0 Å². The molecule has 0 spiro atoms. The highest BCUT2D eigenvalue weighted by Crippen LogP contribution is 2.31. The quantitative estimate of drug-likeness (QED) is 0.900. The Bertz CT molecular complexity index is 626. The van der Waals surface area contributed by atoms with E-state index in [1.807, 2.05) is 0 Å². The van der Waals surface area contributed by atoms with Gasteiger partial charge in [0.25, 0.3) is 0 Å². The number of benzene rings is 1. The van der Waals surface area contributed by atoms with Crippen molar-refractivity contribution >= 4 is 27.7 Å². The van der Waals surface area contributed by atoms with Crippen LogP contribution < -0.4 is 5.73 Å². The van der Waals surface area contributed by atoms with Gasteiger partial charge in [0, 0.05) is 22.3 Å². The van der Waals surface area contributed by atoms with Crippen molar-refractivity contribution in [3.05, 3.63) is 34.1 Å². The maximum Gasteiger partial charge on any atom is 0.196 e. The summed E-state index contributed by atoms with van der Waals surface area (Å²) < 4.78 is 3.40. The normalized spacial score (nSPS) is 14.8. The van der Waals surface area contributed by atoms with Gasteiger partial charge in [-0.25, -0.2) is 0 Å². The second-order valence-electron chi connectivity index (χ2n) is 5.26. The van der Waals surface area contributed by atoms with E-state index in [2.05, 4.69) is 48.9 Å². The zero-order chi connectivity index (χ0) is 14.7. The molecule has 0 saturated heterocycles. The summed E-state index contributed by atoms with van der Waals surface area (Å²) in [7, 11) is 0. The second kappa shape index (κ2) is 6.94. The predicted octanol–water partition coefficient (Wildman–Crippen LogP) is 3.42. The average molecular weight is 367 g/mol. The molecular formula is C15H19BrN4S. The van der Waals surface area contributed by atoms with Crippen molar-refractivity contribution in [1.82, 2.24) is 14.8 Å². The maximum absolute atomic E-state index is 5.62. The summed E-state index contributed by atoms with van der Waals surface area (Å²) in [4.78, 5) is 1.18. The molecule has 0 atom stereocenters. The van der Waals surface area contributed by atoms with E-state index in [-0.39, 0.29) is 0 Å². The molecule has 0 amide bonds. The molecule has 6 heteroatoms. The largest absolute Gasteiger partial charge is 0.330 e. The summed E-state index contributed by atoms with van der Waals surface area (Å²) in [6, 6.07) is 6.42. The highest BCUT2D eigenvalue weighted by Gasteiger charge is 2.15. The van der Waals surface area contributed by atoms with Crippen molar-refractivity contribution in [1.29, 1.82) is 0 Å². The van der Waals surface area contributed by atoms with Crippen LogP contribution in [0.5, 0.6) is 0 Å². The number of fused-ring (bicyclic) bond motifs is 1. The lowest BCUT2D eigenvalue weighted by Crippen LogP contribution is -2.03. The van der Waals surface area contributed by atoms with E-state index in [1.165, 1.54) is 29.7 Å². The molecular weight excluding hydrogens is 348 g/mol. The van der Waals surface area contributed by atoms with Gasteiger partial charge in [-0.05, 0) is 55.3 Å². The summed E-state index contributed by atoms with van der Waals surface area (Å²) in [5.74, 6) is 1.13. The third-order valence-corrected chi connectivity index (χ3v) is 5.44. The number of nitrogens with zero attached hydrogens (tertiary/aromatic N) is 3. The zero-order valence-electron chi connectivity index (χ0n) is 11.9. The topological polar surface area (TPSA) is 56.7 Å². The fourth-order valence-electron chi connectivity index (χ4n) is 2.59. The fraction of sp³-hybridized carbons (Fsp3) is 0.467. The molecule has 4 nitrogen and oxygen atoms in total. The van der Waals surface area contributed by atoms with Gasteiger partial charge in [-0.3, -0.25) is 0 Å². The Morgan fingerprint density at radius 1 is 1.24 bits per heavy atom. The molecule has 0 unspecified atom stereocenters. The minimum atomic E-state index is 0.669. The van der Waals surface area contributed by atoms with Gasteiger partial charge in [0.05, 0.1) is 0 Å². The van der Waals surface area contributed by atoms with Crippen LogP contribution in [-0.2, 0) is 19.4 Å². The van der Waals surface area contributed by atoms with Gasteiger partial charge >= 0.3 is 0 Å². The number of hydrogen-bond acceptors (Lipinski definition) is 4. The first kappa shape index (κ1) is 15.1. The first-order valence-electron chi connectivity index (χ1n) is 7.36. The highest BCUT2D eigenvalue weighted by molar-refractivity contribution is 9.10. The molecule has 112 valence electrons. The number of halogens is 1. The molecule has 2 N–H and O–H groups in total. The molecule has 0 saturated carbocycles. The molecule has 1 aliphatic heterocycles. The van der Waals surface area contributed by atoms with E-state index in [9.17, 15) is 0 Å². The van der Waals surface area contributed by atoms with Crippen LogP contribution >= 0.6 is 27.7 Å². The lowest BCUT2D eigenvalue weighted by molar-refractivity contribution is 0.591. The molecule has 1 aromatic heterocycles. The Balaban J connectivity index is 1.81. The average Bonchev–Trinajstić information content (AvgIpc) is 2.71. The van der Waals surface area contributed by atoms with Crippen LogP contribution in [0, 0.1) is 0 Å². The molecule has 0 aliphatic carbocycles. The van der Waals surface area contributed by atoms with Crippen LogP contribution in [0.15, 0.2) is 32.7 Å². The SMILES string of the molecule is NCCc1ccc(Sc2nnc3n2CCCCC3)cc1Br. The van der Waals surface area contributed by atoms with Crippen molar-refractivity contribution in [2.45, 2.75) is 48.7 Å². The molecule has 1 aliphatic rings. The minimum Gasteiger partial charge on any atom is -0.330 e. The molecule has 21 heavy (non-hydrogen) atoms. The van der Waals surface area contributed by atoms with Crippen LogP contribution in [0.1, 0.15) is 30.7 Å². The number of aromatic nitrogens is 3. The lowest BCUT2D eigenvalue weighted by Gasteiger charge is -2.08. The molecule has 0 radical (unpaired) electrons. The summed E-state index contributed by atoms with van der Waals surface area (Å²) >= 11 is 5.32. The molecule has 0 fully saturated rings. The van der Waals surface area contributed by atoms with E-state index in [1.54, 1.807) is 11.8 Å². The summed E-state index contributed by atoms with van der Waals surface area (Å²) in [5.41, 5.74) is 6.87. The Hall–Kier alpha value is -0.850. The minimum absolute atomic E-state index is 0.669. The van der Waals surface area contributed by atoms with E-state index >= 15 is 0 Å². The Labute approximate surface area is 137 Å². The third kappa shape index (κ3) is 3.49. The molecule has 0 bridgehead atoms. The van der Waals surface area contributed by atoms with Crippen LogP contribution in [-0.4, -0.2) is 21.3 Å².